The lowest BCUT2D eigenvalue weighted by Crippen LogP contribution is -2.47. The molecule has 0 saturated carbocycles. The fourth-order valence-electron chi connectivity index (χ4n) is 3.66. The number of nitrogens with one attached hydrogen (secondary N) is 1. The SMILES string of the molecule is Cn1cc(-c2ccc(SN3CCC(Nc4ccc(C(F)(F)F)cn4)C(O)C3)cc2)nc1C(N)=O. The topological polar surface area (TPSA) is 109 Å². The first-order valence-corrected chi connectivity index (χ1v) is 11.2. The first-order valence-electron chi connectivity index (χ1n) is 10.4. The van der Waals surface area contributed by atoms with Crippen molar-refractivity contribution in [2.45, 2.75) is 29.6 Å². The molecular weight excluding hydrogens is 469 g/mol. The fraction of sp³-hybridized carbons (Fsp3) is 0.318. The Kier molecular flexibility index (Phi) is 6.82. The first kappa shape index (κ1) is 24.0. The van der Waals surface area contributed by atoms with Gasteiger partial charge in [0.05, 0.1) is 23.4 Å². The van der Waals surface area contributed by atoms with E-state index in [1.165, 1.54) is 18.0 Å². The van der Waals surface area contributed by atoms with E-state index in [1.807, 2.05) is 28.6 Å². The normalized spacial score (nSPS) is 19.2. The number of halogens is 3. The monoisotopic (exact) mass is 492 g/mol. The molecule has 1 amide bonds. The highest BCUT2D eigenvalue weighted by Gasteiger charge is 2.31. The highest BCUT2D eigenvalue weighted by molar-refractivity contribution is 7.97. The lowest BCUT2D eigenvalue weighted by Gasteiger charge is -2.35. The minimum atomic E-state index is -4.43. The van der Waals surface area contributed by atoms with Crippen molar-refractivity contribution >= 4 is 23.7 Å². The van der Waals surface area contributed by atoms with Crippen LogP contribution in [0.1, 0.15) is 22.6 Å². The third-order valence-corrected chi connectivity index (χ3v) is 6.52. The number of hydrogen-bond donors (Lipinski definition) is 3. The molecular formula is C22H23F3N6O2S. The number of piperidine rings is 1. The molecule has 0 radical (unpaired) electrons. The second kappa shape index (κ2) is 9.65. The Balaban J connectivity index is 1.32. The van der Waals surface area contributed by atoms with Gasteiger partial charge in [0.25, 0.3) is 5.91 Å². The first-order chi connectivity index (χ1) is 16.1. The maximum absolute atomic E-state index is 12.7. The second-order valence-electron chi connectivity index (χ2n) is 7.97. The van der Waals surface area contributed by atoms with E-state index in [4.69, 9.17) is 5.73 Å². The van der Waals surface area contributed by atoms with Crippen molar-refractivity contribution in [2.24, 2.45) is 12.8 Å². The standard InChI is InChI=1S/C22H23F3N6O2S/c1-30-11-17(29-21(30)20(26)33)13-2-5-15(6-3-13)34-31-9-8-16(18(32)12-31)28-19-7-4-14(10-27-19)22(23,24)25/h2-7,10-11,16,18,32H,8-9,12H2,1H3,(H2,26,33)(H,27,28). The van der Waals surface area contributed by atoms with Gasteiger partial charge in [0.1, 0.15) is 5.82 Å². The van der Waals surface area contributed by atoms with E-state index >= 15 is 0 Å². The van der Waals surface area contributed by atoms with Crippen LogP contribution in [0.15, 0.2) is 53.7 Å². The molecule has 8 nitrogen and oxygen atoms in total. The maximum atomic E-state index is 12.7. The molecule has 3 aromatic rings. The van der Waals surface area contributed by atoms with Crippen LogP contribution in [0.3, 0.4) is 0 Å². The van der Waals surface area contributed by atoms with Crippen LogP contribution < -0.4 is 11.1 Å². The molecule has 180 valence electrons. The zero-order valence-electron chi connectivity index (χ0n) is 18.2. The van der Waals surface area contributed by atoms with Gasteiger partial charge in [-0.2, -0.15) is 13.2 Å². The van der Waals surface area contributed by atoms with Gasteiger partial charge in [-0.15, -0.1) is 0 Å². The molecule has 2 atom stereocenters. The minimum absolute atomic E-state index is 0.186. The maximum Gasteiger partial charge on any atom is 0.417 e. The van der Waals surface area contributed by atoms with Crippen LogP contribution in [0.5, 0.6) is 0 Å². The number of carbonyl (C=O) groups excluding carboxylic acids is 1. The Morgan fingerprint density at radius 2 is 1.97 bits per heavy atom. The molecule has 0 aliphatic carbocycles. The molecule has 1 fully saturated rings. The number of rotatable bonds is 6. The van der Waals surface area contributed by atoms with Crippen molar-refractivity contribution in [3.8, 4) is 11.3 Å². The van der Waals surface area contributed by atoms with E-state index in [9.17, 15) is 23.1 Å². The number of hydrogen-bond acceptors (Lipinski definition) is 7. The highest BCUT2D eigenvalue weighted by Crippen LogP contribution is 2.31. The average molecular weight is 493 g/mol. The van der Waals surface area contributed by atoms with Gasteiger partial charge in [0, 0.05) is 43.0 Å². The number of primary amides is 1. The third kappa shape index (κ3) is 5.51. The molecule has 4 rings (SSSR count). The summed E-state index contributed by atoms with van der Waals surface area (Å²) < 4.78 is 41.7. The van der Waals surface area contributed by atoms with Crippen LogP contribution in [-0.2, 0) is 13.2 Å². The summed E-state index contributed by atoms with van der Waals surface area (Å²) in [6, 6.07) is 9.59. The van der Waals surface area contributed by atoms with Crippen molar-refractivity contribution in [3.63, 3.8) is 0 Å². The lowest BCUT2D eigenvalue weighted by molar-refractivity contribution is -0.137. The van der Waals surface area contributed by atoms with Crippen LogP contribution >= 0.6 is 11.9 Å². The zero-order chi connectivity index (χ0) is 24.5. The van der Waals surface area contributed by atoms with Gasteiger partial charge in [-0.05, 0) is 42.6 Å². The summed E-state index contributed by atoms with van der Waals surface area (Å²) in [5.41, 5.74) is 6.00. The van der Waals surface area contributed by atoms with Gasteiger partial charge in [-0.25, -0.2) is 14.3 Å². The predicted molar refractivity (Wildman–Crippen MR) is 122 cm³/mol. The third-order valence-electron chi connectivity index (χ3n) is 5.45. The number of amides is 1. The molecule has 3 heterocycles. The molecule has 1 aliphatic rings. The van der Waals surface area contributed by atoms with E-state index in [-0.39, 0.29) is 11.9 Å². The van der Waals surface area contributed by atoms with Gasteiger partial charge in [-0.1, -0.05) is 12.1 Å². The molecule has 0 bridgehead atoms. The van der Waals surface area contributed by atoms with Crippen molar-refractivity contribution in [1.82, 2.24) is 18.8 Å². The van der Waals surface area contributed by atoms with Crippen molar-refractivity contribution in [2.75, 3.05) is 18.4 Å². The summed E-state index contributed by atoms with van der Waals surface area (Å²) in [6.45, 7) is 1.05. The van der Waals surface area contributed by atoms with Crippen LogP contribution in [0, 0.1) is 0 Å². The molecule has 1 aliphatic heterocycles. The number of anilines is 1. The number of aryl methyl sites for hydroxylation is 1. The Labute approximate surface area is 198 Å². The van der Waals surface area contributed by atoms with Crippen molar-refractivity contribution < 1.29 is 23.1 Å². The largest absolute Gasteiger partial charge is 0.417 e. The molecule has 2 unspecified atom stereocenters. The second-order valence-corrected chi connectivity index (χ2v) is 9.14. The number of nitrogens with zero attached hydrogens (tertiary/aromatic N) is 4. The summed E-state index contributed by atoms with van der Waals surface area (Å²) in [5, 5.41) is 13.6. The smallest absolute Gasteiger partial charge is 0.390 e. The summed E-state index contributed by atoms with van der Waals surface area (Å²) in [7, 11) is 1.71. The number of carbonyl (C=O) groups is 1. The Hall–Kier alpha value is -3.09. The fourth-order valence-corrected chi connectivity index (χ4v) is 4.64. The number of benzene rings is 1. The quantitative estimate of drug-likeness (QED) is 0.454. The minimum Gasteiger partial charge on any atom is -0.390 e. The summed E-state index contributed by atoms with van der Waals surface area (Å²) in [5.74, 6) is -0.111. The van der Waals surface area contributed by atoms with Gasteiger partial charge in [0.15, 0.2) is 5.82 Å². The number of pyridine rings is 1. The van der Waals surface area contributed by atoms with E-state index < -0.39 is 23.8 Å². The van der Waals surface area contributed by atoms with Crippen LogP contribution in [0.2, 0.25) is 0 Å². The molecule has 1 aromatic carbocycles. The van der Waals surface area contributed by atoms with E-state index in [2.05, 4.69) is 15.3 Å². The van der Waals surface area contributed by atoms with Crippen LogP contribution in [0.25, 0.3) is 11.3 Å². The van der Waals surface area contributed by atoms with E-state index in [0.29, 0.717) is 31.0 Å². The Morgan fingerprint density at radius 3 is 2.53 bits per heavy atom. The summed E-state index contributed by atoms with van der Waals surface area (Å²) >= 11 is 1.50. The highest BCUT2D eigenvalue weighted by atomic mass is 32.2. The number of imidazole rings is 1. The van der Waals surface area contributed by atoms with Crippen molar-refractivity contribution in [1.29, 1.82) is 0 Å². The number of aromatic nitrogens is 3. The van der Waals surface area contributed by atoms with Gasteiger partial charge in [0.2, 0.25) is 0 Å². The summed E-state index contributed by atoms with van der Waals surface area (Å²) in [4.78, 5) is 20.5. The lowest BCUT2D eigenvalue weighted by atomic mass is 10.0. The predicted octanol–water partition coefficient (Wildman–Crippen LogP) is 3.15. The van der Waals surface area contributed by atoms with Crippen LogP contribution in [-0.4, -0.2) is 55.1 Å². The number of aliphatic hydroxyl groups is 1. The van der Waals surface area contributed by atoms with Crippen molar-refractivity contribution in [3.05, 3.63) is 60.2 Å². The number of aliphatic hydroxyl groups excluding tert-OH is 1. The van der Waals surface area contributed by atoms with E-state index in [1.54, 1.807) is 17.8 Å². The molecule has 4 N–H and O–H groups in total. The molecule has 1 saturated heterocycles. The molecule has 0 spiro atoms. The molecule has 34 heavy (non-hydrogen) atoms. The van der Waals surface area contributed by atoms with Gasteiger partial charge < -0.3 is 20.7 Å². The average Bonchev–Trinajstić information content (AvgIpc) is 3.18. The van der Waals surface area contributed by atoms with Crippen LogP contribution in [0.4, 0.5) is 19.0 Å². The van der Waals surface area contributed by atoms with E-state index in [0.717, 1.165) is 22.7 Å². The van der Waals surface area contributed by atoms with Gasteiger partial charge in [-0.3, -0.25) is 4.79 Å². The Bertz CT molecular complexity index is 1150. The summed E-state index contributed by atoms with van der Waals surface area (Å²) in [6.07, 6.45) is -2.04. The Morgan fingerprint density at radius 1 is 1.24 bits per heavy atom. The molecule has 12 heteroatoms. The zero-order valence-corrected chi connectivity index (χ0v) is 19.0. The molecule has 2 aromatic heterocycles. The number of β-amino-alcohol motifs (C(OH)–C–C–N with tert-alkyl or cyclic N) is 1. The van der Waals surface area contributed by atoms with Gasteiger partial charge >= 0.3 is 6.18 Å². The number of nitrogens with two attached hydrogens (primary N) is 1. The number of alkyl halides is 3.